The van der Waals surface area contributed by atoms with E-state index in [0.717, 1.165) is 30.9 Å². The van der Waals surface area contributed by atoms with E-state index in [0.29, 0.717) is 0 Å². The Morgan fingerprint density at radius 1 is 1.00 bits per heavy atom. The summed E-state index contributed by atoms with van der Waals surface area (Å²) >= 11 is 0. The van der Waals surface area contributed by atoms with E-state index in [9.17, 15) is 4.79 Å². The van der Waals surface area contributed by atoms with Crippen LogP contribution in [0.25, 0.3) is 0 Å². The fourth-order valence-electron chi connectivity index (χ4n) is 3.97. The molecule has 118 valence electrons. The van der Waals surface area contributed by atoms with Crippen molar-refractivity contribution in [2.24, 2.45) is 5.92 Å². The lowest BCUT2D eigenvalue weighted by atomic mass is 9.83. The van der Waals surface area contributed by atoms with E-state index in [-0.39, 0.29) is 17.8 Å². The van der Waals surface area contributed by atoms with Gasteiger partial charge in [-0.15, -0.1) is 0 Å². The average Bonchev–Trinajstić information content (AvgIpc) is 2.96. The van der Waals surface area contributed by atoms with Crippen LogP contribution in [0.4, 0.5) is 0 Å². The molecule has 2 aliphatic heterocycles. The van der Waals surface area contributed by atoms with Crippen molar-refractivity contribution >= 4 is 5.97 Å². The predicted molar refractivity (Wildman–Crippen MR) is 89.5 cm³/mol. The predicted octanol–water partition coefficient (Wildman–Crippen LogP) is 3.44. The van der Waals surface area contributed by atoms with Gasteiger partial charge in [0, 0.05) is 31.1 Å². The Balaban J connectivity index is 1.65. The zero-order chi connectivity index (χ0) is 16.0. The smallest absolute Gasteiger partial charge is 0.316 e. The summed E-state index contributed by atoms with van der Waals surface area (Å²) in [6.45, 7) is 6.73. The van der Waals surface area contributed by atoms with Gasteiger partial charge in [0.2, 0.25) is 0 Å². The molecular formula is C20H21NO2. The minimum absolute atomic E-state index is 0.0355. The van der Waals surface area contributed by atoms with Crippen LogP contribution in [0.5, 0.6) is 5.75 Å². The molecule has 4 rings (SSSR count). The van der Waals surface area contributed by atoms with Crippen molar-refractivity contribution in [1.29, 1.82) is 0 Å². The maximum atomic E-state index is 12.5. The minimum atomic E-state index is -0.0632. The molecule has 0 amide bonds. The Morgan fingerprint density at radius 3 is 2.48 bits per heavy atom. The number of hydrogen-bond acceptors (Lipinski definition) is 3. The van der Waals surface area contributed by atoms with Gasteiger partial charge in [-0.25, -0.2) is 0 Å². The highest BCUT2D eigenvalue weighted by atomic mass is 16.5. The van der Waals surface area contributed by atoms with Gasteiger partial charge in [0.15, 0.2) is 0 Å². The first-order valence-corrected chi connectivity index (χ1v) is 8.21. The van der Waals surface area contributed by atoms with Crippen LogP contribution in [-0.2, 0) is 11.3 Å². The number of likely N-dealkylation sites (tertiary alicyclic amines) is 1. The SMILES string of the molecule is Cc1ccc(C)c2c1OC(=O)C1CN(Cc3ccccc3)CC21. The molecule has 2 heterocycles. The molecule has 1 saturated heterocycles. The van der Waals surface area contributed by atoms with E-state index in [1.54, 1.807) is 0 Å². The van der Waals surface area contributed by atoms with Crippen LogP contribution in [-0.4, -0.2) is 24.0 Å². The van der Waals surface area contributed by atoms with Crippen molar-refractivity contribution in [2.75, 3.05) is 13.1 Å². The van der Waals surface area contributed by atoms with Gasteiger partial charge in [-0.05, 0) is 30.5 Å². The zero-order valence-corrected chi connectivity index (χ0v) is 13.6. The molecule has 2 aromatic carbocycles. The third kappa shape index (κ3) is 2.45. The Bertz CT molecular complexity index is 754. The molecule has 2 aliphatic rings. The van der Waals surface area contributed by atoms with Gasteiger partial charge in [0.25, 0.3) is 0 Å². The van der Waals surface area contributed by atoms with Gasteiger partial charge >= 0.3 is 5.97 Å². The number of aryl methyl sites for hydroxylation is 2. The molecule has 0 aromatic heterocycles. The maximum Gasteiger partial charge on any atom is 0.316 e. The van der Waals surface area contributed by atoms with Crippen LogP contribution in [0.15, 0.2) is 42.5 Å². The van der Waals surface area contributed by atoms with Crippen LogP contribution >= 0.6 is 0 Å². The van der Waals surface area contributed by atoms with Crippen molar-refractivity contribution in [3.63, 3.8) is 0 Å². The van der Waals surface area contributed by atoms with Crippen LogP contribution in [0, 0.1) is 19.8 Å². The Labute approximate surface area is 136 Å². The monoisotopic (exact) mass is 307 g/mol. The van der Waals surface area contributed by atoms with Crippen LogP contribution in [0.3, 0.4) is 0 Å². The number of ether oxygens (including phenoxy) is 1. The van der Waals surface area contributed by atoms with E-state index in [2.05, 4.69) is 42.2 Å². The fourth-order valence-corrected chi connectivity index (χ4v) is 3.97. The molecule has 0 radical (unpaired) electrons. The second-order valence-corrected chi connectivity index (χ2v) is 6.76. The van der Waals surface area contributed by atoms with Crippen molar-refractivity contribution in [1.82, 2.24) is 4.90 Å². The van der Waals surface area contributed by atoms with Gasteiger partial charge in [0.1, 0.15) is 5.75 Å². The first-order valence-electron chi connectivity index (χ1n) is 8.21. The third-order valence-electron chi connectivity index (χ3n) is 5.13. The molecule has 0 N–H and O–H groups in total. The summed E-state index contributed by atoms with van der Waals surface area (Å²) in [6, 6.07) is 14.6. The Kier molecular flexibility index (Phi) is 3.46. The standard InChI is InChI=1S/C20H21NO2/c1-13-8-9-14(2)19-18(13)16-11-21(12-17(16)20(22)23-19)10-15-6-4-3-5-7-15/h3-9,16-17H,10-12H2,1-2H3. The molecule has 2 aromatic rings. The van der Waals surface area contributed by atoms with Crippen LogP contribution in [0.1, 0.15) is 28.2 Å². The van der Waals surface area contributed by atoms with Gasteiger partial charge < -0.3 is 4.74 Å². The van der Waals surface area contributed by atoms with E-state index >= 15 is 0 Å². The summed E-state index contributed by atoms with van der Waals surface area (Å²) in [4.78, 5) is 14.8. The van der Waals surface area contributed by atoms with Gasteiger partial charge in [-0.2, -0.15) is 0 Å². The normalized spacial score (nSPS) is 23.3. The lowest BCUT2D eigenvalue weighted by Gasteiger charge is -2.28. The number of hydrogen-bond donors (Lipinski definition) is 0. The highest BCUT2D eigenvalue weighted by Crippen LogP contribution is 2.45. The second kappa shape index (κ2) is 5.50. The minimum Gasteiger partial charge on any atom is -0.426 e. The summed E-state index contributed by atoms with van der Waals surface area (Å²) in [5.74, 6) is 0.964. The maximum absolute atomic E-state index is 12.5. The van der Waals surface area contributed by atoms with E-state index in [1.165, 1.54) is 16.7 Å². The third-order valence-corrected chi connectivity index (χ3v) is 5.13. The summed E-state index contributed by atoms with van der Waals surface area (Å²) in [5, 5.41) is 0. The number of fused-ring (bicyclic) bond motifs is 3. The second-order valence-electron chi connectivity index (χ2n) is 6.76. The number of nitrogens with zero attached hydrogens (tertiary/aromatic N) is 1. The van der Waals surface area contributed by atoms with Gasteiger partial charge in [-0.3, -0.25) is 9.69 Å². The van der Waals surface area contributed by atoms with Crippen molar-refractivity contribution < 1.29 is 9.53 Å². The lowest BCUT2D eigenvalue weighted by Crippen LogP contribution is -2.32. The lowest BCUT2D eigenvalue weighted by molar-refractivity contribution is -0.140. The molecule has 2 unspecified atom stereocenters. The van der Waals surface area contributed by atoms with E-state index in [1.807, 2.05) is 19.1 Å². The van der Waals surface area contributed by atoms with Gasteiger partial charge in [0.05, 0.1) is 5.92 Å². The first kappa shape index (κ1) is 14.5. The van der Waals surface area contributed by atoms with Crippen LogP contribution in [0.2, 0.25) is 0 Å². The molecule has 3 heteroatoms. The summed E-state index contributed by atoms with van der Waals surface area (Å²) in [5.41, 5.74) is 4.82. The summed E-state index contributed by atoms with van der Waals surface area (Å²) < 4.78 is 5.69. The Hall–Kier alpha value is -2.13. The number of carbonyl (C=O) groups excluding carboxylic acids is 1. The number of benzene rings is 2. The topological polar surface area (TPSA) is 29.5 Å². The Morgan fingerprint density at radius 2 is 1.70 bits per heavy atom. The molecule has 3 nitrogen and oxygen atoms in total. The van der Waals surface area contributed by atoms with E-state index < -0.39 is 0 Å². The molecule has 0 saturated carbocycles. The van der Waals surface area contributed by atoms with Crippen LogP contribution < -0.4 is 4.74 Å². The van der Waals surface area contributed by atoms with E-state index in [4.69, 9.17) is 4.74 Å². The number of carbonyl (C=O) groups is 1. The van der Waals surface area contributed by atoms with Crippen molar-refractivity contribution in [3.05, 3.63) is 64.7 Å². The highest BCUT2D eigenvalue weighted by molar-refractivity contribution is 5.81. The molecule has 0 spiro atoms. The molecule has 0 aliphatic carbocycles. The van der Waals surface area contributed by atoms with Crippen molar-refractivity contribution in [3.8, 4) is 5.75 Å². The number of esters is 1. The summed E-state index contributed by atoms with van der Waals surface area (Å²) in [7, 11) is 0. The molecule has 0 bridgehead atoms. The molecule has 1 fully saturated rings. The molecule has 23 heavy (non-hydrogen) atoms. The highest BCUT2D eigenvalue weighted by Gasteiger charge is 2.45. The zero-order valence-electron chi connectivity index (χ0n) is 13.6. The number of rotatable bonds is 2. The first-order chi connectivity index (χ1) is 11.1. The van der Waals surface area contributed by atoms with Gasteiger partial charge in [-0.1, -0.05) is 42.5 Å². The molecular weight excluding hydrogens is 286 g/mol. The average molecular weight is 307 g/mol. The molecule has 2 atom stereocenters. The fraction of sp³-hybridized carbons (Fsp3) is 0.350. The summed E-state index contributed by atoms with van der Waals surface area (Å²) in [6.07, 6.45) is 0. The largest absolute Gasteiger partial charge is 0.426 e. The quantitative estimate of drug-likeness (QED) is 0.629. The van der Waals surface area contributed by atoms with Crippen molar-refractivity contribution in [2.45, 2.75) is 26.3 Å².